The first-order valence-corrected chi connectivity index (χ1v) is 8.06. The fourth-order valence-electron chi connectivity index (χ4n) is 2.57. The number of carbonyl (C=O) groups is 3. The Kier molecular flexibility index (Phi) is 6.70. The summed E-state index contributed by atoms with van der Waals surface area (Å²) >= 11 is 0. The van der Waals surface area contributed by atoms with Crippen LogP contribution in [0.5, 0.6) is 0 Å². The molecule has 0 heterocycles. The molecule has 0 saturated carbocycles. The largest absolute Gasteiger partial charge is 0.478 e. The predicted octanol–water partition coefficient (Wildman–Crippen LogP) is 0.365. The molecule has 5 N–H and O–H groups in total. The van der Waals surface area contributed by atoms with Crippen LogP contribution in [-0.2, 0) is 17.6 Å². The molecule has 2 aromatic rings. The molecular formula is C18H18BNO7. The van der Waals surface area contributed by atoms with Gasteiger partial charge in [0, 0.05) is 0 Å². The predicted molar refractivity (Wildman–Crippen MR) is 96.3 cm³/mol. The highest BCUT2D eigenvalue weighted by molar-refractivity contribution is 6.43. The molecule has 1 unspecified atom stereocenters. The minimum absolute atomic E-state index is 0.0136. The molecule has 2 aromatic carbocycles. The first-order chi connectivity index (χ1) is 12.8. The SMILES string of the molecule is O=C(Cc1cccc(C(=O)O)c1)NC(Cc1cccc(C(=O)O)c1)B(O)O. The van der Waals surface area contributed by atoms with Crippen molar-refractivity contribution in [2.45, 2.75) is 18.8 Å². The van der Waals surface area contributed by atoms with Gasteiger partial charge in [-0.1, -0.05) is 24.3 Å². The number of carbonyl (C=O) groups excluding carboxylic acids is 1. The summed E-state index contributed by atoms with van der Waals surface area (Å²) in [4.78, 5) is 34.2. The number of carboxylic acids is 2. The second-order valence-electron chi connectivity index (χ2n) is 5.98. The van der Waals surface area contributed by atoms with Gasteiger partial charge in [0.1, 0.15) is 0 Å². The zero-order valence-corrected chi connectivity index (χ0v) is 14.2. The van der Waals surface area contributed by atoms with E-state index in [0.717, 1.165) is 0 Å². The van der Waals surface area contributed by atoms with E-state index in [1.165, 1.54) is 36.4 Å². The van der Waals surface area contributed by atoms with E-state index in [0.29, 0.717) is 11.1 Å². The summed E-state index contributed by atoms with van der Waals surface area (Å²) in [6.45, 7) is 0. The quantitative estimate of drug-likeness (QED) is 0.422. The molecule has 9 heteroatoms. The summed E-state index contributed by atoms with van der Waals surface area (Å²) in [7, 11) is -1.85. The molecule has 8 nitrogen and oxygen atoms in total. The fourth-order valence-corrected chi connectivity index (χ4v) is 2.57. The van der Waals surface area contributed by atoms with Crippen molar-refractivity contribution in [3.8, 4) is 0 Å². The highest BCUT2D eigenvalue weighted by atomic mass is 16.4. The summed E-state index contributed by atoms with van der Waals surface area (Å²) in [5.41, 5.74) is 1.08. The van der Waals surface area contributed by atoms with Crippen molar-refractivity contribution in [3.63, 3.8) is 0 Å². The van der Waals surface area contributed by atoms with Gasteiger partial charge in [0.05, 0.1) is 23.5 Å². The van der Waals surface area contributed by atoms with Crippen molar-refractivity contribution in [1.82, 2.24) is 5.32 Å². The lowest BCUT2D eigenvalue weighted by molar-refractivity contribution is -0.120. The number of aromatic carboxylic acids is 2. The van der Waals surface area contributed by atoms with Crippen molar-refractivity contribution in [1.29, 1.82) is 0 Å². The van der Waals surface area contributed by atoms with Crippen LogP contribution in [0.15, 0.2) is 48.5 Å². The van der Waals surface area contributed by atoms with Crippen LogP contribution in [0.2, 0.25) is 0 Å². The van der Waals surface area contributed by atoms with Crippen molar-refractivity contribution in [2.24, 2.45) is 0 Å². The van der Waals surface area contributed by atoms with Gasteiger partial charge in [-0.05, 0) is 41.8 Å². The molecule has 0 fully saturated rings. The molecular weight excluding hydrogens is 353 g/mol. The van der Waals surface area contributed by atoms with Gasteiger partial charge in [0.2, 0.25) is 5.91 Å². The van der Waals surface area contributed by atoms with E-state index in [4.69, 9.17) is 10.2 Å². The monoisotopic (exact) mass is 371 g/mol. The van der Waals surface area contributed by atoms with E-state index < -0.39 is 30.9 Å². The molecule has 2 rings (SSSR count). The number of rotatable bonds is 8. The number of amides is 1. The molecule has 27 heavy (non-hydrogen) atoms. The van der Waals surface area contributed by atoms with E-state index in [1.807, 2.05) is 0 Å². The van der Waals surface area contributed by atoms with Crippen LogP contribution in [-0.4, -0.2) is 51.2 Å². The van der Waals surface area contributed by atoms with Gasteiger partial charge in [-0.3, -0.25) is 4.79 Å². The molecule has 140 valence electrons. The Morgan fingerprint density at radius 1 is 0.889 bits per heavy atom. The average molecular weight is 371 g/mol. The van der Waals surface area contributed by atoms with E-state index in [2.05, 4.69) is 5.32 Å². The Labute approximate surface area is 155 Å². The summed E-state index contributed by atoms with van der Waals surface area (Å²) in [5.74, 6) is -3.80. The van der Waals surface area contributed by atoms with Gasteiger partial charge in [-0.2, -0.15) is 0 Å². The van der Waals surface area contributed by atoms with E-state index >= 15 is 0 Å². The summed E-state index contributed by atoms with van der Waals surface area (Å²) in [5, 5.41) is 39.5. The van der Waals surface area contributed by atoms with Crippen LogP contribution in [0.4, 0.5) is 0 Å². The molecule has 1 atom stereocenters. The topological polar surface area (TPSA) is 144 Å². The van der Waals surface area contributed by atoms with Crippen LogP contribution in [0.1, 0.15) is 31.8 Å². The third-order valence-electron chi connectivity index (χ3n) is 3.87. The number of carboxylic acid groups (broad SMARTS) is 2. The lowest BCUT2D eigenvalue weighted by Crippen LogP contribution is -2.48. The van der Waals surface area contributed by atoms with Crippen molar-refractivity contribution >= 4 is 25.0 Å². The zero-order valence-electron chi connectivity index (χ0n) is 14.2. The fraction of sp³-hybridized carbons (Fsp3) is 0.167. The van der Waals surface area contributed by atoms with Crippen molar-refractivity contribution in [3.05, 3.63) is 70.8 Å². The molecule has 0 radical (unpaired) electrons. The van der Waals surface area contributed by atoms with Gasteiger partial charge in [0.25, 0.3) is 0 Å². The Hall–Kier alpha value is -3.17. The Morgan fingerprint density at radius 3 is 1.93 bits per heavy atom. The maximum Gasteiger partial charge on any atom is 0.475 e. The first kappa shape index (κ1) is 20.2. The highest BCUT2D eigenvalue weighted by Gasteiger charge is 2.26. The highest BCUT2D eigenvalue weighted by Crippen LogP contribution is 2.10. The van der Waals surface area contributed by atoms with Crippen LogP contribution in [0.25, 0.3) is 0 Å². The third-order valence-corrected chi connectivity index (χ3v) is 3.87. The van der Waals surface area contributed by atoms with Crippen LogP contribution < -0.4 is 5.32 Å². The average Bonchev–Trinajstić information content (AvgIpc) is 2.61. The number of nitrogens with one attached hydrogen (secondary N) is 1. The second kappa shape index (κ2) is 8.97. The minimum Gasteiger partial charge on any atom is -0.478 e. The van der Waals surface area contributed by atoms with Gasteiger partial charge >= 0.3 is 19.1 Å². The van der Waals surface area contributed by atoms with Crippen molar-refractivity contribution in [2.75, 3.05) is 0 Å². The van der Waals surface area contributed by atoms with Gasteiger partial charge in [0.15, 0.2) is 0 Å². The van der Waals surface area contributed by atoms with Gasteiger partial charge < -0.3 is 25.6 Å². The van der Waals surface area contributed by atoms with Gasteiger partial charge in [-0.25, -0.2) is 9.59 Å². The Balaban J connectivity index is 2.06. The van der Waals surface area contributed by atoms with Crippen molar-refractivity contribution < 1.29 is 34.6 Å². The summed E-state index contributed by atoms with van der Waals surface area (Å²) < 4.78 is 0. The smallest absolute Gasteiger partial charge is 0.475 e. The molecule has 0 aromatic heterocycles. The summed E-state index contributed by atoms with van der Waals surface area (Å²) in [6.07, 6.45) is -0.126. The molecule has 0 aliphatic heterocycles. The van der Waals surface area contributed by atoms with E-state index in [1.54, 1.807) is 12.1 Å². The third kappa shape index (κ3) is 5.94. The molecule has 0 spiro atoms. The molecule has 0 saturated heterocycles. The lowest BCUT2D eigenvalue weighted by atomic mass is 9.75. The molecule has 0 aliphatic rings. The Morgan fingerprint density at radius 2 is 1.41 bits per heavy atom. The maximum atomic E-state index is 12.2. The Bertz CT molecular complexity index is 853. The standard InChI is InChI=1S/C18H18BNO7/c21-16(10-12-4-2-6-14(8-12)18(24)25)20-15(19(26)27)9-11-3-1-5-13(7-11)17(22)23/h1-8,15,26-27H,9-10H2,(H,20,21)(H,22,23)(H,24,25). The van der Waals surface area contributed by atoms with Gasteiger partial charge in [-0.15, -0.1) is 0 Å². The lowest BCUT2D eigenvalue weighted by Gasteiger charge is -2.18. The molecule has 0 bridgehead atoms. The van der Waals surface area contributed by atoms with Crippen LogP contribution in [0, 0.1) is 0 Å². The molecule has 0 aliphatic carbocycles. The maximum absolute atomic E-state index is 12.2. The van der Waals surface area contributed by atoms with Crippen LogP contribution in [0.3, 0.4) is 0 Å². The van der Waals surface area contributed by atoms with E-state index in [9.17, 15) is 24.4 Å². The van der Waals surface area contributed by atoms with E-state index in [-0.39, 0.29) is 24.0 Å². The summed E-state index contributed by atoms with van der Waals surface area (Å²) in [6, 6.07) is 11.8. The number of hydrogen-bond donors (Lipinski definition) is 5. The second-order valence-corrected chi connectivity index (χ2v) is 5.98. The molecule has 1 amide bonds. The van der Waals surface area contributed by atoms with Crippen LogP contribution >= 0.6 is 0 Å². The zero-order chi connectivity index (χ0) is 20.0. The first-order valence-electron chi connectivity index (χ1n) is 8.06. The normalized spacial score (nSPS) is 11.5. The number of hydrogen-bond acceptors (Lipinski definition) is 5. The number of benzene rings is 2. The minimum atomic E-state index is -1.85.